The van der Waals surface area contributed by atoms with E-state index in [0.29, 0.717) is 55.5 Å². The fourth-order valence-corrected chi connectivity index (χ4v) is 6.42. The summed E-state index contributed by atoms with van der Waals surface area (Å²) in [5.74, 6) is 0.380. The van der Waals surface area contributed by atoms with E-state index in [9.17, 15) is 18.3 Å². The molecule has 0 radical (unpaired) electrons. The number of nitrogens with zero attached hydrogens (tertiary/aromatic N) is 3. The van der Waals surface area contributed by atoms with Gasteiger partial charge in [0.1, 0.15) is 0 Å². The zero-order valence-electron chi connectivity index (χ0n) is 24.2. The molecule has 1 unspecified atom stereocenters. The third-order valence-corrected chi connectivity index (χ3v) is 8.89. The van der Waals surface area contributed by atoms with Gasteiger partial charge in [0.05, 0.1) is 30.1 Å². The molecule has 0 aliphatic carbocycles. The van der Waals surface area contributed by atoms with Crippen LogP contribution in [-0.2, 0) is 16.6 Å². The average Bonchev–Trinajstić information content (AvgIpc) is 3.39. The molecule has 1 amide bonds. The maximum atomic E-state index is 13.5. The topological polar surface area (TPSA) is 129 Å². The minimum atomic E-state index is -3.43. The fraction of sp³-hybridized carbons (Fsp3) is 0.643. The zero-order valence-corrected chi connectivity index (χ0v) is 25.8. The van der Waals surface area contributed by atoms with Crippen LogP contribution in [0.5, 0.6) is 0 Å². The third-order valence-electron chi connectivity index (χ3n) is 7.02. The van der Waals surface area contributed by atoms with Crippen LogP contribution in [-0.4, -0.2) is 72.8 Å². The lowest BCUT2D eigenvalue weighted by molar-refractivity contribution is 0.0794. The number of carbonyl (C=O) groups is 1. The van der Waals surface area contributed by atoms with Crippen molar-refractivity contribution >= 4 is 39.7 Å². The van der Waals surface area contributed by atoms with Gasteiger partial charge in [0.25, 0.3) is 5.91 Å². The van der Waals surface area contributed by atoms with Gasteiger partial charge in [0.15, 0.2) is 0 Å². The Morgan fingerprint density at radius 3 is 2.58 bits per heavy atom. The van der Waals surface area contributed by atoms with Crippen molar-refractivity contribution in [1.29, 1.82) is 0 Å². The monoisotopic (exact) mass is 598 g/mol. The Bertz CT molecular complexity index is 1150. The second kappa shape index (κ2) is 16.2. The van der Waals surface area contributed by atoms with Gasteiger partial charge in [-0.2, -0.15) is 5.10 Å². The number of hydrogen-bond donors (Lipinski definition) is 4. The van der Waals surface area contributed by atoms with Crippen LogP contribution in [0.3, 0.4) is 0 Å². The molecule has 10 nitrogen and oxygen atoms in total. The summed E-state index contributed by atoms with van der Waals surface area (Å²) in [6.07, 6.45) is 7.30. The standard InChI is InChI=1S/C28H46N6O4S.ClH/c1-5-29-24-16-23(17-25(18-24)34-14-6-7-15-39(34,37)38)28(36)32-26(20-33-13-9-12-31-33)27(35)19-30-22(4)11-8-10-21(2)3;/h9,12-13,16-18,21-22,26-27,29-30,35H,5-8,10-11,14-15,19-20H2,1-4H3,(H,32,36);1H/t22?,26-,27+;/m0./s1. The van der Waals surface area contributed by atoms with Crippen molar-refractivity contribution < 1.29 is 18.3 Å². The van der Waals surface area contributed by atoms with E-state index in [1.165, 1.54) is 10.7 Å². The summed E-state index contributed by atoms with van der Waals surface area (Å²) in [6.45, 7) is 10.1. The summed E-state index contributed by atoms with van der Waals surface area (Å²) >= 11 is 0. The second-order valence-corrected chi connectivity index (χ2v) is 12.9. The van der Waals surface area contributed by atoms with Crippen LogP contribution in [0.4, 0.5) is 11.4 Å². The highest BCUT2D eigenvalue weighted by Crippen LogP contribution is 2.28. The first-order valence-electron chi connectivity index (χ1n) is 14.2. The Labute approximate surface area is 245 Å². The van der Waals surface area contributed by atoms with E-state index in [2.05, 4.69) is 41.8 Å². The van der Waals surface area contributed by atoms with Gasteiger partial charge in [0.2, 0.25) is 10.0 Å². The van der Waals surface area contributed by atoms with E-state index < -0.39 is 22.2 Å². The van der Waals surface area contributed by atoms with Crippen molar-refractivity contribution in [2.75, 3.05) is 35.0 Å². The normalized spacial score (nSPS) is 17.1. The molecular formula is C28H47ClN6O4S. The van der Waals surface area contributed by atoms with Gasteiger partial charge in [-0.3, -0.25) is 13.8 Å². The minimum absolute atomic E-state index is 0. The Hall–Kier alpha value is -2.34. The molecule has 1 fully saturated rings. The molecule has 0 saturated carbocycles. The van der Waals surface area contributed by atoms with E-state index >= 15 is 0 Å². The maximum Gasteiger partial charge on any atom is 0.251 e. The molecule has 3 atom stereocenters. The van der Waals surface area contributed by atoms with Crippen molar-refractivity contribution in [3.8, 4) is 0 Å². The third kappa shape index (κ3) is 10.2. The van der Waals surface area contributed by atoms with Crippen LogP contribution >= 0.6 is 12.4 Å². The van der Waals surface area contributed by atoms with Crippen LogP contribution in [0.2, 0.25) is 0 Å². The van der Waals surface area contributed by atoms with E-state index in [4.69, 9.17) is 0 Å². The van der Waals surface area contributed by atoms with Crippen LogP contribution < -0.4 is 20.3 Å². The smallest absolute Gasteiger partial charge is 0.251 e. The number of halogens is 1. The molecule has 12 heteroatoms. The van der Waals surface area contributed by atoms with Crippen molar-refractivity contribution in [3.63, 3.8) is 0 Å². The van der Waals surface area contributed by atoms with E-state index in [-0.39, 0.29) is 30.1 Å². The van der Waals surface area contributed by atoms with Crippen molar-refractivity contribution in [2.45, 2.75) is 84.5 Å². The summed E-state index contributed by atoms with van der Waals surface area (Å²) in [5, 5.41) is 25.0. The van der Waals surface area contributed by atoms with Crippen LogP contribution in [0.25, 0.3) is 0 Å². The Morgan fingerprint density at radius 2 is 1.93 bits per heavy atom. The molecule has 1 saturated heterocycles. The Kier molecular flexibility index (Phi) is 13.7. The maximum absolute atomic E-state index is 13.5. The molecule has 0 bridgehead atoms. The van der Waals surface area contributed by atoms with Gasteiger partial charge in [-0.25, -0.2) is 8.42 Å². The van der Waals surface area contributed by atoms with E-state index in [1.807, 2.05) is 6.92 Å². The van der Waals surface area contributed by atoms with Gasteiger partial charge in [-0.15, -0.1) is 12.4 Å². The minimum Gasteiger partial charge on any atom is -0.390 e. The van der Waals surface area contributed by atoms with Gasteiger partial charge in [0, 0.05) is 49.3 Å². The SMILES string of the molecule is CCNc1cc(C(=O)N[C@@H](Cn2cccn2)[C@H](O)CNC(C)CCCC(C)C)cc(N2CCCCS2(=O)=O)c1.Cl. The zero-order chi connectivity index (χ0) is 28.4. The number of aliphatic hydroxyl groups is 1. The van der Waals surface area contributed by atoms with Gasteiger partial charge < -0.3 is 21.1 Å². The molecule has 1 aromatic heterocycles. The largest absolute Gasteiger partial charge is 0.390 e. The molecular weight excluding hydrogens is 552 g/mol. The summed E-state index contributed by atoms with van der Waals surface area (Å²) in [4.78, 5) is 13.5. The Balaban J connectivity index is 0.00000560. The quantitative estimate of drug-likeness (QED) is 0.246. The van der Waals surface area contributed by atoms with Gasteiger partial charge in [-0.05, 0) is 63.3 Å². The molecule has 3 rings (SSSR count). The van der Waals surface area contributed by atoms with Crippen LogP contribution in [0.1, 0.15) is 70.2 Å². The summed E-state index contributed by atoms with van der Waals surface area (Å²) < 4.78 is 28.6. The first-order chi connectivity index (χ1) is 18.6. The molecule has 2 aromatic rings. The van der Waals surface area contributed by atoms with E-state index in [0.717, 1.165) is 19.3 Å². The molecule has 1 aliphatic heterocycles. The fourth-order valence-electron chi connectivity index (χ4n) is 4.80. The highest BCUT2D eigenvalue weighted by molar-refractivity contribution is 7.92. The highest BCUT2D eigenvalue weighted by atomic mass is 35.5. The highest BCUT2D eigenvalue weighted by Gasteiger charge is 2.28. The number of carbonyl (C=O) groups excluding carboxylic acids is 1. The molecule has 4 N–H and O–H groups in total. The van der Waals surface area contributed by atoms with Crippen molar-refractivity contribution in [3.05, 3.63) is 42.2 Å². The predicted octanol–water partition coefficient (Wildman–Crippen LogP) is 3.63. The Morgan fingerprint density at radius 1 is 1.15 bits per heavy atom. The van der Waals surface area contributed by atoms with Crippen LogP contribution in [0, 0.1) is 5.92 Å². The second-order valence-electron chi connectivity index (χ2n) is 10.9. The van der Waals surface area contributed by atoms with E-state index in [1.54, 1.807) is 41.3 Å². The molecule has 0 spiro atoms. The number of sulfonamides is 1. The molecule has 40 heavy (non-hydrogen) atoms. The first-order valence-corrected chi connectivity index (χ1v) is 15.8. The number of aromatic nitrogens is 2. The predicted molar refractivity (Wildman–Crippen MR) is 164 cm³/mol. The average molecular weight is 599 g/mol. The lowest BCUT2D eigenvalue weighted by Crippen LogP contribution is -2.50. The number of nitrogens with one attached hydrogen (secondary N) is 3. The van der Waals surface area contributed by atoms with Gasteiger partial charge >= 0.3 is 0 Å². The number of benzene rings is 1. The van der Waals surface area contributed by atoms with Crippen molar-refractivity contribution in [1.82, 2.24) is 20.4 Å². The molecule has 1 aliphatic rings. The number of amides is 1. The molecule has 1 aromatic carbocycles. The van der Waals surface area contributed by atoms with Gasteiger partial charge in [-0.1, -0.05) is 26.7 Å². The summed E-state index contributed by atoms with van der Waals surface area (Å²) in [7, 11) is -3.43. The lowest BCUT2D eigenvalue weighted by atomic mass is 10.0. The molecule has 2 heterocycles. The summed E-state index contributed by atoms with van der Waals surface area (Å²) in [5.41, 5.74) is 1.47. The van der Waals surface area contributed by atoms with Crippen LogP contribution in [0.15, 0.2) is 36.7 Å². The number of hydrogen-bond acceptors (Lipinski definition) is 7. The lowest BCUT2D eigenvalue weighted by Gasteiger charge is -2.29. The molecule has 226 valence electrons. The van der Waals surface area contributed by atoms with Crippen molar-refractivity contribution in [2.24, 2.45) is 5.92 Å². The number of rotatable bonds is 15. The number of aliphatic hydroxyl groups excluding tert-OH is 1. The summed E-state index contributed by atoms with van der Waals surface area (Å²) in [6, 6.07) is 6.52. The first kappa shape index (κ1) is 33.9. The number of anilines is 2.